The van der Waals surface area contributed by atoms with Gasteiger partial charge in [-0.05, 0) is 31.0 Å². The number of carbonyl (C=O) groups is 2. The van der Waals surface area contributed by atoms with Crippen molar-refractivity contribution in [2.24, 2.45) is 0 Å². The van der Waals surface area contributed by atoms with Crippen LogP contribution >= 0.6 is 0 Å². The van der Waals surface area contributed by atoms with Gasteiger partial charge in [0.05, 0.1) is 6.54 Å². The number of benzene rings is 1. The Morgan fingerprint density at radius 2 is 1.94 bits per heavy atom. The molecule has 0 saturated carbocycles. The third-order valence-electron chi connectivity index (χ3n) is 3.10. The molecule has 0 bridgehead atoms. The molecule has 0 radical (unpaired) electrons. The van der Waals surface area contributed by atoms with Crippen molar-refractivity contribution in [3.63, 3.8) is 0 Å². The summed E-state index contributed by atoms with van der Waals surface area (Å²) in [5.41, 5.74) is 2.16. The Morgan fingerprint density at radius 1 is 1.29 bits per heavy atom. The van der Waals surface area contributed by atoms with Crippen molar-refractivity contribution in [3.8, 4) is 0 Å². The highest BCUT2D eigenvalue weighted by atomic mass is 16.2. The van der Waals surface area contributed by atoms with E-state index in [-0.39, 0.29) is 24.4 Å². The van der Waals surface area contributed by atoms with E-state index in [1.54, 1.807) is 6.92 Å². The van der Waals surface area contributed by atoms with E-state index < -0.39 is 0 Å². The van der Waals surface area contributed by atoms with Crippen molar-refractivity contribution in [1.82, 2.24) is 5.32 Å². The third-order valence-corrected chi connectivity index (χ3v) is 3.10. The number of carbonyl (C=O) groups excluding carboxylic acids is 2. The SMILES string of the molecule is CCc1ccc(N2CC(=O)NC(=O)C2C)cc1. The number of rotatable bonds is 2. The van der Waals surface area contributed by atoms with Gasteiger partial charge in [0.25, 0.3) is 0 Å². The van der Waals surface area contributed by atoms with E-state index in [2.05, 4.69) is 12.2 Å². The van der Waals surface area contributed by atoms with Crippen LogP contribution in [0.2, 0.25) is 0 Å². The van der Waals surface area contributed by atoms with E-state index in [9.17, 15) is 9.59 Å². The molecule has 17 heavy (non-hydrogen) atoms. The van der Waals surface area contributed by atoms with Crippen LogP contribution in [0.3, 0.4) is 0 Å². The van der Waals surface area contributed by atoms with Crippen molar-refractivity contribution in [3.05, 3.63) is 29.8 Å². The minimum atomic E-state index is -0.305. The standard InChI is InChI=1S/C13H16N2O2/c1-3-10-4-6-11(7-5-10)15-8-12(16)14-13(17)9(15)2/h4-7,9H,3,8H2,1-2H3,(H,14,16,17). The van der Waals surface area contributed by atoms with Crippen LogP contribution < -0.4 is 10.2 Å². The van der Waals surface area contributed by atoms with Crippen LogP contribution in [0, 0.1) is 0 Å². The highest BCUT2D eigenvalue weighted by Gasteiger charge is 2.30. The van der Waals surface area contributed by atoms with E-state index in [0.717, 1.165) is 12.1 Å². The summed E-state index contributed by atoms with van der Waals surface area (Å²) < 4.78 is 0. The fourth-order valence-corrected chi connectivity index (χ4v) is 1.95. The zero-order chi connectivity index (χ0) is 12.4. The predicted molar refractivity (Wildman–Crippen MR) is 65.8 cm³/mol. The maximum Gasteiger partial charge on any atom is 0.249 e. The van der Waals surface area contributed by atoms with E-state index >= 15 is 0 Å². The number of amides is 2. The Balaban J connectivity index is 2.24. The van der Waals surface area contributed by atoms with E-state index in [0.29, 0.717) is 0 Å². The summed E-state index contributed by atoms with van der Waals surface area (Å²) in [6, 6.07) is 7.67. The highest BCUT2D eigenvalue weighted by Crippen LogP contribution is 2.19. The average Bonchev–Trinajstić information content (AvgIpc) is 2.34. The number of hydrogen-bond acceptors (Lipinski definition) is 3. The van der Waals surface area contributed by atoms with Crippen LogP contribution in [0.4, 0.5) is 5.69 Å². The van der Waals surface area contributed by atoms with Crippen molar-refractivity contribution in [2.75, 3.05) is 11.4 Å². The Kier molecular flexibility index (Phi) is 3.13. The van der Waals surface area contributed by atoms with Crippen LogP contribution in [-0.4, -0.2) is 24.4 Å². The lowest BCUT2D eigenvalue weighted by atomic mass is 10.1. The first kappa shape index (κ1) is 11.6. The molecule has 1 saturated heterocycles. The normalized spacial score (nSPS) is 20.4. The van der Waals surface area contributed by atoms with Crippen LogP contribution in [0.15, 0.2) is 24.3 Å². The fraction of sp³-hybridized carbons (Fsp3) is 0.385. The van der Waals surface area contributed by atoms with Gasteiger partial charge in [-0.15, -0.1) is 0 Å². The van der Waals surface area contributed by atoms with Crippen LogP contribution in [0.5, 0.6) is 0 Å². The second-order valence-corrected chi connectivity index (χ2v) is 4.24. The second kappa shape index (κ2) is 4.57. The molecule has 1 heterocycles. The molecule has 1 aromatic rings. The number of piperazine rings is 1. The molecular formula is C13H16N2O2. The first-order chi connectivity index (χ1) is 8.11. The number of nitrogens with zero attached hydrogens (tertiary/aromatic N) is 1. The summed E-state index contributed by atoms with van der Waals surface area (Å²) in [4.78, 5) is 24.7. The first-order valence-electron chi connectivity index (χ1n) is 5.81. The monoisotopic (exact) mass is 232 g/mol. The summed E-state index contributed by atoms with van der Waals surface area (Å²) in [7, 11) is 0. The summed E-state index contributed by atoms with van der Waals surface area (Å²) in [6.45, 7) is 4.13. The van der Waals surface area contributed by atoms with Gasteiger partial charge in [0.1, 0.15) is 6.04 Å². The number of imide groups is 1. The molecule has 4 nitrogen and oxygen atoms in total. The molecule has 1 aliphatic rings. The Hall–Kier alpha value is -1.84. The van der Waals surface area contributed by atoms with Crippen molar-refractivity contribution in [2.45, 2.75) is 26.3 Å². The lowest BCUT2D eigenvalue weighted by molar-refractivity contribution is -0.132. The van der Waals surface area contributed by atoms with Gasteiger partial charge in [-0.3, -0.25) is 14.9 Å². The first-order valence-corrected chi connectivity index (χ1v) is 5.81. The predicted octanol–water partition coefficient (Wildman–Crippen LogP) is 1.10. The molecule has 4 heteroatoms. The lowest BCUT2D eigenvalue weighted by Gasteiger charge is -2.33. The molecule has 90 valence electrons. The molecule has 1 unspecified atom stereocenters. The Labute approximate surface area is 101 Å². The molecule has 1 aromatic carbocycles. The van der Waals surface area contributed by atoms with Gasteiger partial charge < -0.3 is 4.90 Å². The minimum Gasteiger partial charge on any atom is -0.350 e. The topological polar surface area (TPSA) is 49.4 Å². The zero-order valence-corrected chi connectivity index (χ0v) is 10.1. The molecule has 2 rings (SSSR count). The summed E-state index contributed by atoms with van der Waals surface area (Å²) in [5, 5.41) is 2.33. The van der Waals surface area contributed by atoms with Gasteiger partial charge in [0.2, 0.25) is 11.8 Å². The van der Waals surface area contributed by atoms with Gasteiger partial charge in [-0.2, -0.15) is 0 Å². The maximum atomic E-state index is 11.5. The summed E-state index contributed by atoms with van der Waals surface area (Å²) >= 11 is 0. The largest absolute Gasteiger partial charge is 0.350 e. The van der Waals surface area contributed by atoms with E-state index in [1.807, 2.05) is 29.2 Å². The van der Waals surface area contributed by atoms with Crippen LogP contribution in [0.25, 0.3) is 0 Å². The fourth-order valence-electron chi connectivity index (χ4n) is 1.95. The summed E-state index contributed by atoms with van der Waals surface area (Å²) in [5.74, 6) is -0.478. The molecule has 0 spiro atoms. The minimum absolute atomic E-state index is 0.235. The van der Waals surface area contributed by atoms with E-state index in [4.69, 9.17) is 0 Å². The number of nitrogens with one attached hydrogen (secondary N) is 1. The highest BCUT2D eigenvalue weighted by molar-refractivity contribution is 6.04. The van der Waals surface area contributed by atoms with Crippen LogP contribution in [-0.2, 0) is 16.0 Å². The van der Waals surface area contributed by atoms with Gasteiger partial charge >= 0.3 is 0 Å². The number of hydrogen-bond donors (Lipinski definition) is 1. The molecule has 1 fully saturated rings. The smallest absolute Gasteiger partial charge is 0.249 e. The average molecular weight is 232 g/mol. The van der Waals surface area contributed by atoms with E-state index in [1.165, 1.54) is 5.56 Å². The van der Waals surface area contributed by atoms with Crippen LogP contribution in [0.1, 0.15) is 19.4 Å². The van der Waals surface area contributed by atoms with Crippen molar-refractivity contribution in [1.29, 1.82) is 0 Å². The summed E-state index contributed by atoms with van der Waals surface area (Å²) in [6.07, 6.45) is 0.981. The third kappa shape index (κ3) is 2.30. The maximum absolute atomic E-state index is 11.5. The van der Waals surface area contributed by atoms with Crippen molar-refractivity contribution < 1.29 is 9.59 Å². The second-order valence-electron chi connectivity index (χ2n) is 4.24. The Morgan fingerprint density at radius 3 is 2.53 bits per heavy atom. The Bertz CT molecular complexity index is 439. The molecule has 1 N–H and O–H groups in total. The lowest BCUT2D eigenvalue weighted by Crippen LogP contribution is -2.57. The van der Waals surface area contributed by atoms with Gasteiger partial charge in [0.15, 0.2) is 0 Å². The molecular weight excluding hydrogens is 216 g/mol. The zero-order valence-electron chi connectivity index (χ0n) is 10.1. The molecule has 1 aliphatic heterocycles. The molecule has 0 aliphatic carbocycles. The molecule has 1 atom stereocenters. The van der Waals surface area contributed by atoms with Crippen molar-refractivity contribution >= 4 is 17.5 Å². The van der Waals surface area contributed by atoms with Gasteiger partial charge in [0, 0.05) is 5.69 Å². The quantitative estimate of drug-likeness (QED) is 0.777. The molecule has 0 aromatic heterocycles. The number of anilines is 1. The number of aryl methyl sites for hydroxylation is 1. The van der Waals surface area contributed by atoms with Gasteiger partial charge in [-0.25, -0.2) is 0 Å². The van der Waals surface area contributed by atoms with Gasteiger partial charge in [-0.1, -0.05) is 19.1 Å². The molecule has 2 amide bonds.